The maximum Gasteiger partial charge on any atom is 0.337 e. The van der Waals surface area contributed by atoms with Crippen molar-refractivity contribution in [2.45, 2.75) is 13.8 Å². The maximum atomic E-state index is 11.3. The minimum Gasteiger partial charge on any atom is -0.494 e. The zero-order valence-corrected chi connectivity index (χ0v) is 11.0. The number of aromatic nitrogens is 2. The molecule has 0 radical (unpaired) electrons. The molecule has 1 N–H and O–H groups in total. The number of carboxylic acids is 1. The molecule has 0 aliphatic heterocycles. The third-order valence-electron chi connectivity index (χ3n) is 2.74. The smallest absolute Gasteiger partial charge is 0.337 e. The number of nitrogens with zero attached hydrogens (tertiary/aromatic N) is 2. The Balaban J connectivity index is 2.73. The van der Waals surface area contributed by atoms with E-state index in [0.717, 1.165) is 11.4 Å². The van der Waals surface area contributed by atoms with Gasteiger partial charge in [-0.3, -0.25) is 4.98 Å². The van der Waals surface area contributed by atoms with Crippen molar-refractivity contribution in [2.75, 3.05) is 7.11 Å². The Hall–Kier alpha value is -2.43. The van der Waals surface area contributed by atoms with Crippen molar-refractivity contribution in [1.29, 1.82) is 0 Å². The summed E-state index contributed by atoms with van der Waals surface area (Å²) < 4.78 is 5.25. The molecule has 0 bridgehead atoms. The number of aryl methyl sites for hydroxylation is 2. The van der Waals surface area contributed by atoms with Crippen molar-refractivity contribution in [3.8, 4) is 17.0 Å². The molecule has 2 aromatic rings. The molecule has 0 amide bonds. The van der Waals surface area contributed by atoms with Crippen molar-refractivity contribution in [3.63, 3.8) is 0 Å². The third kappa shape index (κ3) is 2.54. The number of aromatic carboxylic acids is 1. The normalized spacial score (nSPS) is 10.3. The summed E-state index contributed by atoms with van der Waals surface area (Å²) in [6.07, 6.45) is 1.34. The quantitative estimate of drug-likeness (QED) is 0.915. The van der Waals surface area contributed by atoms with Crippen molar-refractivity contribution in [2.24, 2.45) is 0 Å². The van der Waals surface area contributed by atoms with Crippen LogP contribution in [0.5, 0.6) is 5.75 Å². The van der Waals surface area contributed by atoms with E-state index in [1.54, 1.807) is 19.1 Å². The molecule has 5 nitrogen and oxygen atoms in total. The maximum absolute atomic E-state index is 11.3. The lowest BCUT2D eigenvalue weighted by Gasteiger charge is -2.11. The summed E-state index contributed by atoms with van der Waals surface area (Å²) in [7, 11) is 1.53. The Bertz CT molecular complexity index is 639. The van der Waals surface area contributed by atoms with E-state index in [0.29, 0.717) is 17.0 Å². The average Bonchev–Trinajstić information content (AvgIpc) is 2.38. The molecule has 0 fully saturated rings. The minimum atomic E-state index is -1.03. The van der Waals surface area contributed by atoms with Gasteiger partial charge in [-0.25, -0.2) is 9.78 Å². The zero-order valence-electron chi connectivity index (χ0n) is 11.0. The molecule has 0 aliphatic carbocycles. The highest BCUT2D eigenvalue weighted by Crippen LogP contribution is 2.31. The lowest BCUT2D eigenvalue weighted by atomic mass is 10.0. The van der Waals surface area contributed by atoms with Gasteiger partial charge in [-0.05, 0) is 32.0 Å². The van der Waals surface area contributed by atoms with Gasteiger partial charge < -0.3 is 9.84 Å². The first kappa shape index (κ1) is 13.0. The van der Waals surface area contributed by atoms with Gasteiger partial charge in [0.05, 0.1) is 12.7 Å². The SMILES string of the molecule is COc1ccc(C)nc1-c1cc(C)ncc1C(=O)O. The monoisotopic (exact) mass is 258 g/mol. The summed E-state index contributed by atoms with van der Waals surface area (Å²) in [6, 6.07) is 5.30. The number of carbonyl (C=O) groups is 1. The Kier molecular flexibility index (Phi) is 3.46. The molecule has 0 aliphatic rings. The summed E-state index contributed by atoms with van der Waals surface area (Å²) in [5.74, 6) is -0.494. The molecule has 98 valence electrons. The number of carboxylic acid groups (broad SMARTS) is 1. The molecular weight excluding hydrogens is 244 g/mol. The first-order valence-electron chi connectivity index (χ1n) is 5.75. The van der Waals surface area contributed by atoms with E-state index in [2.05, 4.69) is 9.97 Å². The molecule has 0 spiro atoms. The van der Waals surface area contributed by atoms with Crippen molar-refractivity contribution >= 4 is 5.97 Å². The van der Waals surface area contributed by atoms with Crippen LogP contribution in [0.4, 0.5) is 0 Å². The highest BCUT2D eigenvalue weighted by Gasteiger charge is 2.17. The highest BCUT2D eigenvalue weighted by atomic mass is 16.5. The summed E-state index contributed by atoms with van der Waals surface area (Å²) >= 11 is 0. The second kappa shape index (κ2) is 5.06. The highest BCUT2D eigenvalue weighted by molar-refractivity contribution is 5.96. The van der Waals surface area contributed by atoms with Crippen LogP contribution < -0.4 is 4.74 Å². The number of hydrogen-bond acceptors (Lipinski definition) is 4. The Morgan fingerprint density at radius 2 is 2.00 bits per heavy atom. The van der Waals surface area contributed by atoms with Gasteiger partial charge in [0.1, 0.15) is 11.4 Å². The summed E-state index contributed by atoms with van der Waals surface area (Å²) in [5.41, 5.74) is 2.67. The van der Waals surface area contributed by atoms with Crippen LogP contribution in [-0.2, 0) is 0 Å². The molecule has 2 rings (SSSR count). The summed E-state index contributed by atoms with van der Waals surface area (Å²) in [4.78, 5) is 19.7. The van der Waals surface area contributed by atoms with Crippen LogP contribution in [-0.4, -0.2) is 28.2 Å². The van der Waals surface area contributed by atoms with E-state index in [4.69, 9.17) is 4.74 Å². The van der Waals surface area contributed by atoms with E-state index in [1.165, 1.54) is 13.3 Å². The second-order valence-electron chi connectivity index (χ2n) is 4.18. The van der Waals surface area contributed by atoms with Crippen LogP contribution >= 0.6 is 0 Å². The van der Waals surface area contributed by atoms with Gasteiger partial charge in [-0.15, -0.1) is 0 Å². The molecular formula is C14H14N2O3. The van der Waals surface area contributed by atoms with Gasteiger partial charge in [0.2, 0.25) is 0 Å². The third-order valence-corrected chi connectivity index (χ3v) is 2.74. The molecule has 19 heavy (non-hydrogen) atoms. The van der Waals surface area contributed by atoms with Crippen molar-refractivity contribution in [3.05, 3.63) is 41.3 Å². The molecule has 0 saturated heterocycles. The molecule has 5 heteroatoms. The average molecular weight is 258 g/mol. The summed E-state index contributed by atoms with van der Waals surface area (Å²) in [6.45, 7) is 3.65. The molecule has 0 aromatic carbocycles. The second-order valence-corrected chi connectivity index (χ2v) is 4.18. The number of rotatable bonds is 3. The van der Waals surface area contributed by atoms with Gasteiger partial charge in [-0.1, -0.05) is 0 Å². The fraction of sp³-hybridized carbons (Fsp3) is 0.214. The van der Waals surface area contributed by atoms with Crippen molar-refractivity contribution < 1.29 is 14.6 Å². The van der Waals surface area contributed by atoms with Crippen LogP contribution in [0, 0.1) is 13.8 Å². The van der Waals surface area contributed by atoms with Crippen LogP contribution in [0.1, 0.15) is 21.7 Å². The number of pyridine rings is 2. The standard InChI is InChI=1S/C14H14N2O3/c1-8-4-5-12(19-3)13(16-8)10-6-9(2)15-7-11(10)14(17)18/h4-7H,1-3H3,(H,17,18). The number of hydrogen-bond donors (Lipinski definition) is 1. The van der Waals surface area contributed by atoms with E-state index in [1.807, 2.05) is 13.0 Å². The molecule has 2 heterocycles. The lowest BCUT2D eigenvalue weighted by molar-refractivity contribution is 0.0697. The minimum absolute atomic E-state index is 0.113. The largest absolute Gasteiger partial charge is 0.494 e. The fourth-order valence-corrected chi connectivity index (χ4v) is 1.83. The van der Waals surface area contributed by atoms with Gasteiger partial charge in [0.25, 0.3) is 0 Å². The summed E-state index contributed by atoms with van der Waals surface area (Å²) in [5, 5.41) is 9.24. The Morgan fingerprint density at radius 1 is 1.26 bits per heavy atom. The van der Waals surface area contributed by atoms with E-state index in [-0.39, 0.29) is 5.56 Å². The molecule has 0 saturated carbocycles. The van der Waals surface area contributed by atoms with Crippen LogP contribution in [0.15, 0.2) is 24.4 Å². The van der Waals surface area contributed by atoms with Gasteiger partial charge in [0, 0.05) is 23.1 Å². The molecule has 0 unspecified atom stereocenters. The first-order valence-corrected chi connectivity index (χ1v) is 5.75. The first-order chi connectivity index (χ1) is 9.02. The number of methoxy groups -OCH3 is 1. The molecule has 2 aromatic heterocycles. The van der Waals surface area contributed by atoms with Gasteiger partial charge >= 0.3 is 5.97 Å². The van der Waals surface area contributed by atoms with Crippen LogP contribution in [0.3, 0.4) is 0 Å². The topological polar surface area (TPSA) is 72.3 Å². The van der Waals surface area contributed by atoms with Crippen LogP contribution in [0.2, 0.25) is 0 Å². The lowest BCUT2D eigenvalue weighted by Crippen LogP contribution is -2.04. The number of ether oxygens (including phenoxy) is 1. The Morgan fingerprint density at radius 3 is 2.63 bits per heavy atom. The van der Waals surface area contributed by atoms with E-state index >= 15 is 0 Å². The van der Waals surface area contributed by atoms with Gasteiger partial charge in [0.15, 0.2) is 0 Å². The van der Waals surface area contributed by atoms with E-state index < -0.39 is 5.97 Å². The zero-order chi connectivity index (χ0) is 14.0. The van der Waals surface area contributed by atoms with Crippen LogP contribution in [0.25, 0.3) is 11.3 Å². The van der Waals surface area contributed by atoms with E-state index in [9.17, 15) is 9.90 Å². The van der Waals surface area contributed by atoms with Gasteiger partial charge in [-0.2, -0.15) is 0 Å². The predicted molar refractivity (Wildman–Crippen MR) is 70.5 cm³/mol. The fourth-order valence-electron chi connectivity index (χ4n) is 1.83. The Labute approximate surface area is 110 Å². The predicted octanol–water partition coefficient (Wildman–Crippen LogP) is 2.47. The molecule has 0 atom stereocenters. The van der Waals surface area contributed by atoms with Crippen molar-refractivity contribution in [1.82, 2.24) is 9.97 Å².